The predicted octanol–water partition coefficient (Wildman–Crippen LogP) is 3.69. The van der Waals surface area contributed by atoms with E-state index in [9.17, 15) is 19.7 Å². The SMILES string of the molecule is CC[C@H](C)[C@H](NC(=O)c1ccccc1)C(=O)Nc1cccc([N+](=O)[O-])c1C. The number of anilines is 1. The Morgan fingerprint density at radius 3 is 2.37 bits per heavy atom. The molecule has 0 heterocycles. The van der Waals surface area contributed by atoms with Crippen LogP contribution >= 0.6 is 0 Å². The molecule has 0 bridgehead atoms. The third-order valence-electron chi connectivity index (χ3n) is 4.58. The Hall–Kier alpha value is -3.22. The summed E-state index contributed by atoms with van der Waals surface area (Å²) in [6, 6.07) is 12.4. The lowest BCUT2D eigenvalue weighted by Gasteiger charge is -2.24. The molecule has 2 rings (SSSR count). The summed E-state index contributed by atoms with van der Waals surface area (Å²) in [5, 5.41) is 16.6. The summed E-state index contributed by atoms with van der Waals surface area (Å²) in [5.41, 5.74) is 1.12. The van der Waals surface area contributed by atoms with Gasteiger partial charge in [-0.15, -0.1) is 0 Å². The van der Waals surface area contributed by atoms with Crippen LogP contribution < -0.4 is 10.6 Å². The smallest absolute Gasteiger partial charge is 0.274 e. The molecule has 0 aliphatic rings. The van der Waals surface area contributed by atoms with Gasteiger partial charge in [-0.3, -0.25) is 19.7 Å². The number of nitrogens with zero attached hydrogens (tertiary/aromatic N) is 1. The van der Waals surface area contributed by atoms with Gasteiger partial charge < -0.3 is 10.6 Å². The molecule has 0 saturated heterocycles. The summed E-state index contributed by atoms with van der Waals surface area (Å²) >= 11 is 0. The Labute approximate surface area is 157 Å². The third-order valence-corrected chi connectivity index (χ3v) is 4.58. The van der Waals surface area contributed by atoms with Crippen LogP contribution in [0.25, 0.3) is 0 Å². The van der Waals surface area contributed by atoms with Gasteiger partial charge >= 0.3 is 0 Å². The van der Waals surface area contributed by atoms with E-state index in [1.165, 1.54) is 12.1 Å². The Morgan fingerprint density at radius 1 is 1.11 bits per heavy atom. The Bertz CT molecular complexity index is 836. The van der Waals surface area contributed by atoms with Crippen LogP contribution in [0.1, 0.15) is 36.2 Å². The van der Waals surface area contributed by atoms with Crippen LogP contribution in [-0.2, 0) is 4.79 Å². The lowest BCUT2D eigenvalue weighted by atomic mass is 9.97. The number of hydrogen-bond donors (Lipinski definition) is 2. The van der Waals surface area contributed by atoms with Crippen LogP contribution in [0.15, 0.2) is 48.5 Å². The van der Waals surface area contributed by atoms with E-state index in [-0.39, 0.29) is 17.5 Å². The summed E-state index contributed by atoms with van der Waals surface area (Å²) in [4.78, 5) is 35.9. The summed E-state index contributed by atoms with van der Waals surface area (Å²) in [5.74, 6) is -0.860. The zero-order chi connectivity index (χ0) is 20.0. The summed E-state index contributed by atoms with van der Waals surface area (Å²) in [6.45, 7) is 5.38. The minimum Gasteiger partial charge on any atom is -0.340 e. The first-order chi connectivity index (χ1) is 12.8. The van der Waals surface area contributed by atoms with Gasteiger partial charge in [-0.05, 0) is 31.0 Å². The van der Waals surface area contributed by atoms with E-state index >= 15 is 0 Å². The highest BCUT2D eigenvalue weighted by atomic mass is 16.6. The molecular formula is C20H23N3O4. The third kappa shape index (κ3) is 4.91. The van der Waals surface area contributed by atoms with Crippen molar-refractivity contribution >= 4 is 23.2 Å². The molecule has 7 heteroatoms. The van der Waals surface area contributed by atoms with Crippen molar-refractivity contribution in [3.63, 3.8) is 0 Å². The molecule has 2 aromatic rings. The zero-order valence-corrected chi connectivity index (χ0v) is 15.6. The fourth-order valence-electron chi connectivity index (χ4n) is 2.68. The van der Waals surface area contributed by atoms with E-state index in [0.717, 1.165) is 0 Å². The van der Waals surface area contributed by atoms with Gasteiger partial charge in [0.1, 0.15) is 6.04 Å². The fourth-order valence-corrected chi connectivity index (χ4v) is 2.68. The highest BCUT2D eigenvalue weighted by Crippen LogP contribution is 2.25. The molecule has 2 atom stereocenters. The van der Waals surface area contributed by atoms with Crippen molar-refractivity contribution in [3.05, 3.63) is 69.8 Å². The molecule has 2 aromatic carbocycles. The predicted molar refractivity (Wildman–Crippen MR) is 104 cm³/mol. The number of nitrogens with one attached hydrogen (secondary N) is 2. The largest absolute Gasteiger partial charge is 0.340 e. The van der Waals surface area contributed by atoms with E-state index < -0.39 is 16.9 Å². The maximum Gasteiger partial charge on any atom is 0.274 e. The van der Waals surface area contributed by atoms with Gasteiger partial charge in [0.05, 0.1) is 16.2 Å². The maximum absolute atomic E-state index is 12.8. The molecule has 142 valence electrons. The molecule has 0 saturated carbocycles. The van der Waals surface area contributed by atoms with Gasteiger partial charge in [0, 0.05) is 11.6 Å². The molecule has 27 heavy (non-hydrogen) atoms. The standard InChI is InChI=1S/C20H23N3O4/c1-4-13(2)18(22-19(24)15-9-6-5-7-10-15)20(25)21-16-11-8-12-17(14(16)3)23(26)27/h5-13,18H,4H2,1-3H3,(H,21,25)(H,22,24)/t13-,18-/m0/s1. The summed E-state index contributed by atoms with van der Waals surface area (Å²) in [6.07, 6.45) is 0.682. The van der Waals surface area contributed by atoms with Crippen molar-refractivity contribution in [2.24, 2.45) is 5.92 Å². The first-order valence-electron chi connectivity index (χ1n) is 8.76. The Balaban J connectivity index is 2.22. The number of rotatable bonds is 7. The van der Waals surface area contributed by atoms with Crippen LogP contribution in [0.3, 0.4) is 0 Å². The summed E-state index contributed by atoms with van der Waals surface area (Å²) in [7, 11) is 0. The number of hydrogen-bond acceptors (Lipinski definition) is 4. The highest BCUT2D eigenvalue weighted by Gasteiger charge is 2.27. The van der Waals surface area contributed by atoms with Crippen molar-refractivity contribution in [1.29, 1.82) is 0 Å². The van der Waals surface area contributed by atoms with Crippen LogP contribution in [0.5, 0.6) is 0 Å². The molecule has 0 radical (unpaired) electrons. The highest BCUT2D eigenvalue weighted by molar-refractivity contribution is 6.01. The van der Waals surface area contributed by atoms with Crippen molar-refractivity contribution in [2.45, 2.75) is 33.2 Å². The minimum atomic E-state index is -0.763. The first-order valence-corrected chi connectivity index (χ1v) is 8.76. The fraction of sp³-hybridized carbons (Fsp3) is 0.300. The molecule has 0 aliphatic heterocycles. The molecule has 0 spiro atoms. The zero-order valence-electron chi connectivity index (χ0n) is 15.6. The topological polar surface area (TPSA) is 101 Å². The second kappa shape index (κ2) is 8.93. The van der Waals surface area contributed by atoms with Crippen molar-refractivity contribution in [1.82, 2.24) is 5.32 Å². The van der Waals surface area contributed by atoms with Crippen LogP contribution in [0.2, 0.25) is 0 Å². The average molecular weight is 369 g/mol. The van der Waals surface area contributed by atoms with Crippen molar-refractivity contribution in [2.75, 3.05) is 5.32 Å². The van der Waals surface area contributed by atoms with Crippen molar-refractivity contribution < 1.29 is 14.5 Å². The van der Waals surface area contributed by atoms with E-state index in [4.69, 9.17) is 0 Å². The number of carbonyl (C=O) groups excluding carboxylic acids is 2. The first kappa shape index (κ1) is 20.1. The van der Waals surface area contributed by atoms with E-state index in [0.29, 0.717) is 23.2 Å². The number of carbonyl (C=O) groups is 2. The number of nitro groups is 1. The lowest BCUT2D eigenvalue weighted by Crippen LogP contribution is -2.47. The molecule has 0 fully saturated rings. The molecule has 0 unspecified atom stereocenters. The molecular weight excluding hydrogens is 346 g/mol. The maximum atomic E-state index is 12.8. The Morgan fingerprint density at radius 2 is 1.78 bits per heavy atom. The quantitative estimate of drug-likeness (QED) is 0.574. The molecule has 7 nitrogen and oxygen atoms in total. The lowest BCUT2D eigenvalue weighted by molar-refractivity contribution is -0.385. The van der Waals surface area contributed by atoms with Gasteiger partial charge in [0.25, 0.3) is 11.6 Å². The summed E-state index contributed by atoms with van der Waals surface area (Å²) < 4.78 is 0. The molecule has 0 aliphatic carbocycles. The molecule has 2 N–H and O–H groups in total. The van der Waals surface area contributed by atoms with E-state index in [2.05, 4.69) is 10.6 Å². The van der Waals surface area contributed by atoms with Crippen LogP contribution in [-0.4, -0.2) is 22.8 Å². The number of nitro benzene ring substituents is 1. The van der Waals surface area contributed by atoms with Gasteiger partial charge in [-0.1, -0.05) is 44.5 Å². The van der Waals surface area contributed by atoms with E-state index in [1.807, 2.05) is 13.8 Å². The van der Waals surface area contributed by atoms with Gasteiger partial charge in [-0.25, -0.2) is 0 Å². The van der Waals surface area contributed by atoms with Gasteiger partial charge in [-0.2, -0.15) is 0 Å². The second-order valence-electron chi connectivity index (χ2n) is 6.40. The Kier molecular flexibility index (Phi) is 6.65. The van der Waals surface area contributed by atoms with E-state index in [1.54, 1.807) is 43.3 Å². The monoisotopic (exact) mass is 369 g/mol. The van der Waals surface area contributed by atoms with Gasteiger partial charge in [0.2, 0.25) is 5.91 Å². The van der Waals surface area contributed by atoms with Crippen molar-refractivity contribution in [3.8, 4) is 0 Å². The molecule has 0 aromatic heterocycles. The van der Waals surface area contributed by atoms with Crippen LogP contribution in [0, 0.1) is 23.0 Å². The number of benzene rings is 2. The average Bonchev–Trinajstić information content (AvgIpc) is 2.67. The minimum absolute atomic E-state index is 0.0683. The number of amides is 2. The van der Waals surface area contributed by atoms with Crippen LogP contribution in [0.4, 0.5) is 11.4 Å². The normalized spacial score (nSPS) is 12.7. The second-order valence-corrected chi connectivity index (χ2v) is 6.40. The molecule has 2 amide bonds. The van der Waals surface area contributed by atoms with Gasteiger partial charge in [0.15, 0.2) is 0 Å².